The molecule has 0 fully saturated rings. The highest BCUT2D eigenvalue weighted by Crippen LogP contribution is 2.32. The average Bonchev–Trinajstić information content (AvgIpc) is 2.32. The molecule has 6 nitrogen and oxygen atoms in total. The second kappa shape index (κ2) is 5.19. The Hall–Kier alpha value is -1.86. The van der Waals surface area contributed by atoms with Crippen LogP contribution in [0.15, 0.2) is 40.5 Å². The first-order valence-corrected chi connectivity index (χ1v) is 5.96. The summed E-state index contributed by atoms with van der Waals surface area (Å²) in [4.78, 5) is 18.0. The predicted molar refractivity (Wildman–Crippen MR) is 68.7 cm³/mol. The molecule has 0 aliphatic rings. The maximum Gasteiger partial charge on any atom is 0.311 e. The van der Waals surface area contributed by atoms with E-state index in [2.05, 4.69) is 9.97 Å². The quantitative estimate of drug-likeness (QED) is 0.687. The number of nitrogens with two attached hydrogens (primary N) is 1. The first kappa shape index (κ1) is 12.6. The van der Waals surface area contributed by atoms with Crippen LogP contribution in [0.1, 0.15) is 0 Å². The largest absolute Gasteiger partial charge is 0.378 e. The summed E-state index contributed by atoms with van der Waals surface area (Å²) in [5, 5.41) is 12.1. The van der Waals surface area contributed by atoms with Crippen molar-refractivity contribution in [3.8, 4) is 0 Å². The van der Waals surface area contributed by atoms with Crippen LogP contribution in [0.25, 0.3) is 0 Å². The molecule has 0 saturated carbocycles. The third kappa shape index (κ3) is 2.69. The number of hydrogen-bond donors (Lipinski definition) is 1. The van der Waals surface area contributed by atoms with Crippen molar-refractivity contribution in [2.45, 2.75) is 10.1 Å². The summed E-state index contributed by atoms with van der Waals surface area (Å²) < 4.78 is 0. The summed E-state index contributed by atoms with van der Waals surface area (Å²) in [6, 6.07) is 6.22. The van der Waals surface area contributed by atoms with Crippen molar-refractivity contribution in [3.63, 3.8) is 0 Å². The molecule has 0 aromatic carbocycles. The van der Waals surface area contributed by atoms with Gasteiger partial charge in [-0.25, -0.2) is 9.97 Å². The average molecular weight is 283 g/mol. The standard InChI is InChI=1S/C10H7ClN4O2S/c11-6-2-1-5-13-10(6)18-8-4-3-7(15(16)17)9(12)14-8/h1-5H,(H2,12,14). The maximum atomic E-state index is 10.6. The van der Waals surface area contributed by atoms with E-state index in [0.717, 1.165) is 0 Å². The van der Waals surface area contributed by atoms with E-state index < -0.39 is 4.92 Å². The molecule has 2 heterocycles. The van der Waals surface area contributed by atoms with Gasteiger partial charge < -0.3 is 5.73 Å². The van der Waals surface area contributed by atoms with Gasteiger partial charge in [-0.1, -0.05) is 11.6 Å². The molecule has 2 rings (SSSR count). The number of halogens is 1. The Morgan fingerprint density at radius 3 is 2.78 bits per heavy atom. The fourth-order valence-electron chi connectivity index (χ4n) is 1.21. The SMILES string of the molecule is Nc1nc(Sc2ncccc2Cl)ccc1[N+](=O)[O-]. The van der Waals surface area contributed by atoms with E-state index >= 15 is 0 Å². The molecule has 0 spiro atoms. The minimum Gasteiger partial charge on any atom is -0.378 e. The lowest BCUT2D eigenvalue weighted by molar-refractivity contribution is -0.384. The maximum absolute atomic E-state index is 10.6. The number of nitro groups is 1. The highest BCUT2D eigenvalue weighted by Gasteiger charge is 2.14. The molecule has 0 amide bonds. The molecule has 0 saturated heterocycles. The molecule has 0 aliphatic carbocycles. The van der Waals surface area contributed by atoms with Crippen LogP contribution < -0.4 is 5.73 Å². The zero-order valence-electron chi connectivity index (χ0n) is 8.91. The zero-order valence-corrected chi connectivity index (χ0v) is 10.5. The van der Waals surface area contributed by atoms with Gasteiger partial charge in [-0.05, 0) is 30.0 Å². The number of nitrogen functional groups attached to an aromatic ring is 1. The van der Waals surface area contributed by atoms with Crippen LogP contribution in [0.2, 0.25) is 5.02 Å². The van der Waals surface area contributed by atoms with Crippen LogP contribution in [0.5, 0.6) is 0 Å². The van der Waals surface area contributed by atoms with Crippen LogP contribution in [0.4, 0.5) is 11.5 Å². The lowest BCUT2D eigenvalue weighted by atomic mass is 10.4. The van der Waals surface area contributed by atoms with Crippen LogP contribution in [-0.4, -0.2) is 14.9 Å². The van der Waals surface area contributed by atoms with Gasteiger partial charge in [-0.2, -0.15) is 0 Å². The van der Waals surface area contributed by atoms with E-state index in [-0.39, 0.29) is 11.5 Å². The van der Waals surface area contributed by atoms with Gasteiger partial charge >= 0.3 is 5.69 Å². The van der Waals surface area contributed by atoms with E-state index in [9.17, 15) is 10.1 Å². The molecule has 0 unspecified atom stereocenters. The number of anilines is 1. The summed E-state index contributed by atoms with van der Waals surface area (Å²) in [6.07, 6.45) is 1.60. The predicted octanol–water partition coefficient (Wildman–Crippen LogP) is 2.77. The Morgan fingerprint density at radius 2 is 2.17 bits per heavy atom. The van der Waals surface area contributed by atoms with Crippen molar-refractivity contribution in [3.05, 3.63) is 45.6 Å². The van der Waals surface area contributed by atoms with Gasteiger partial charge in [0.15, 0.2) is 0 Å². The zero-order chi connectivity index (χ0) is 13.1. The molecule has 0 atom stereocenters. The minimum absolute atomic E-state index is 0.128. The number of rotatable bonds is 3. The Bertz CT molecular complexity index is 608. The summed E-state index contributed by atoms with van der Waals surface area (Å²) in [6.45, 7) is 0. The molecule has 92 valence electrons. The molecule has 0 bridgehead atoms. The van der Waals surface area contributed by atoms with E-state index in [1.54, 1.807) is 18.3 Å². The molecule has 18 heavy (non-hydrogen) atoms. The second-order valence-corrected chi connectivity index (χ2v) is 4.62. The molecular weight excluding hydrogens is 276 g/mol. The van der Waals surface area contributed by atoms with Crippen molar-refractivity contribution < 1.29 is 4.92 Å². The normalized spacial score (nSPS) is 10.3. The molecule has 0 radical (unpaired) electrons. The van der Waals surface area contributed by atoms with Gasteiger partial charge in [0, 0.05) is 12.3 Å². The topological polar surface area (TPSA) is 94.9 Å². The van der Waals surface area contributed by atoms with Gasteiger partial charge in [0.05, 0.1) is 9.95 Å². The first-order valence-electron chi connectivity index (χ1n) is 4.77. The smallest absolute Gasteiger partial charge is 0.311 e. The highest BCUT2D eigenvalue weighted by atomic mass is 35.5. The number of pyridine rings is 2. The number of hydrogen-bond acceptors (Lipinski definition) is 6. The molecule has 8 heteroatoms. The van der Waals surface area contributed by atoms with Gasteiger partial charge in [0.2, 0.25) is 5.82 Å². The summed E-state index contributed by atoms with van der Waals surface area (Å²) in [7, 11) is 0. The summed E-state index contributed by atoms with van der Waals surface area (Å²) in [5.74, 6) is -0.128. The lowest BCUT2D eigenvalue weighted by Gasteiger charge is -2.03. The Morgan fingerprint density at radius 1 is 1.39 bits per heavy atom. The third-order valence-corrected chi connectivity index (χ3v) is 3.37. The van der Waals surface area contributed by atoms with Gasteiger partial charge in [0.25, 0.3) is 0 Å². The van der Waals surface area contributed by atoms with Crippen molar-refractivity contribution in [1.29, 1.82) is 0 Å². The van der Waals surface area contributed by atoms with E-state index in [1.807, 2.05) is 0 Å². The highest BCUT2D eigenvalue weighted by molar-refractivity contribution is 7.99. The molecule has 0 aliphatic heterocycles. The second-order valence-electron chi connectivity index (χ2n) is 3.20. The van der Waals surface area contributed by atoms with E-state index in [4.69, 9.17) is 17.3 Å². The fraction of sp³-hybridized carbons (Fsp3) is 0. The van der Waals surface area contributed by atoms with Crippen molar-refractivity contribution in [2.24, 2.45) is 0 Å². The number of nitrogens with zero attached hydrogens (tertiary/aromatic N) is 3. The molecule has 2 N–H and O–H groups in total. The van der Waals surface area contributed by atoms with Gasteiger partial charge in [-0.3, -0.25) is 10.1 Å². The Balaban J connectivity index is 2.29. The van der Waals surface area contributed by atoms with Crippen LogP contribution in [0.3, 0.4) is 0 Å². The third-order valence-electron chi connectivity index (χ3n) is 2.00. The molecule has 2 aromatic heterocycles. The van der Waals surface area contributed by atoms with Crippen molar-refractivity contribution in [1.82, 2.24) is 9.97 Å². The van der Waals surface area contributed by atoms with Gasteiger partial charge in [-0.15, -0.1) is 0 Å². The molecular formula is C10H7ClN4O2S. The van der Waals surface area contributed by atoms with Crippen molar-refractivity contribution >= 4 is 34.9 Å². The lowest BCUT2D eigenvalue weighted by Crippen LogP contribution is -1.98. The fourth-order valence-corrected chi connectivity index (χ4v) is 2.20. The summed E-state index contributed by atoms with van der Waals surface area (Å²) in [5.41, 5.74) is 5.28. The van der Waals surface area contributed by atoms with E-state index in [1.165, 1.54) is 23.9 Å². The van der Waals surface area contributed by atoms with E-state index in [0.29, 0.717) is 15.1 Å². The first-order chi connectivity index (χ1) is 8.58. The molecule has 2 aromatic rings. The van der Waals surface area contributed by atoms with Crippen molar-refractivity contribution in [2.75, 3.05) is 5.73 Å². The van der Waals surface area contributed by atoms with Crippen LogP contribution in [-0.2, 0) is 0 Å². The number of aromatic nitrogens is 2. The minimum atomic E-state index is -0.579. The van der Waals surface area contributed by atoms with Crippen LogP contribution >= 0.6 is 23.4 Å². The summed E-state index contributed by atoms with van der Waals surface area (Å²) >= 11 is 7.14. The Labute approximate surface area is 111 Å². The Kier molecular flexibility index (Phi) is 3.63. The van der Waals surface area contributed by atoms with Crippen LogP contribution in [0, 0.1) is 10.1 Å². The van der Waals surface area contributed by atoms with Gasteiger partial charge in [0.1, 0.15) is 10.1 Å². The monoisotopic (exact) mass is 282 g/mol.